The molecule has 1 atom stereocenters. The highest BCUT2D eigenvalue weighted by molar-refractivity contribution is 5.91. The highest BCUT2D eigenvalue weighted by Gasteiger charge is 2.15. The number of amides is 1. The topological polar surface area (TPSA) is 66.0 Å². The van der Waals surface area contributed by atoms with Gasteiger partial charge in [-0.1, -0.05) is 0 Å². The molecule has 23 heavy (non-hydrogen) atoms. The van der Waals surface area contributed by atoms with Crippen molar-refractivity contribution < 1.29 is 23.7 Å². The van der Waals surface area contributed by atoms with Gasteiger partial charge in [0.2, 0.25) is 11.7 Å². The molecule has 1 aromatic carbocycles. The Labute approximate surface area is 136 Å². The zero-order valence-corrected chi connectivity index (χ0v) is 13.8. The molecule has 0 radical (unpaired) electrons. The summed E-state index contributed by atoms with van der Waals surface area (Å²) in [7, 11) is 4.66. The molecule has 1 saturated heterocycles. The lowest BCUT2D eigenvalue weighted by molar-refractivity contribution is -0.116. The van der Waals surface area contributed by atoms with E-state index in [-0.39, 0.29) is 12.0 Å². The Morgan fingerprint density at radius 1 is 1.26 bits per heavy atom. The van der Waals surface area contributed by atoms with Crippen LogP contribution >= 0.6 is 0 Å². The summed E-state index contributed by atoms with van der Waals surface area (Å²) >= 11 is 0. The smallest absolute Gasteiger partial charge is 0.244 e. The van der Waals surface area contributed by atoms with Gasteiger partial charge in [0.15, 0.2) is 11.5 Å². The van der Waals surface area contributed by atoms with Gasteiger partial charge in [-0.05, 0) is 36.6 Å². The molecule has 1 amide bonds. The molecule has 1 fully saturated rings. The van der Waals surface area contributed by atoms with Crippen LogP contribution in [0.25, 0.3) is 6.08 Å². The molecule has 1 unspecified atom stereocenters. The van der Waals surface area contributed by atoms with Crippen LogP contribution in [0.3, 0.4) is 0 Å². The van der Waals surface area contributed by atoms with Gasteiger partial charge in [0.25, 0.3) is 0 Å². The predicted octanol–water partition coefficient (Wildman–Crippen LogP) is 2.02. The fourth-order valence-corrected chi connectivity index (χ4v) is 2.45. The molecule has 0 aromatic heterocycles. The summed E-state index contributed by atoms with van der Waals surface area (Å²) in [5, 5.41) is 2.84. The van der Waals surface area contributed by atoms with Crippen LogP contribution in [-0.4, -0.2) is 46.5 Å². The van der Waals surface area contributed by atoms with Crippen LogP contribution in [0.4, 0.5) is 0 Å². The standard InChI is InChI=1S/C17H23NO5/c1-20-14-9-12(10-15(21-2)17(14)22-3)6-7-16(19)18-11-13-5-4-8-23-13/h6-7,9-10,13H,4-5,8,11H2,1-3H3,(H,18,19)/b7-6+. The second kappa shape index (κ2) is 8.43. The van der Waals surface area contributed by atoms with Crippen molar-refractivity contribution in [1.29, 1.82) is 0 Å². The molecule has 1 aliphatic rings. The van der Waals surface area contributed by atoms with E-state index in [4.69, 9.17) is 18.9 Å². The summed E-state index contributed by atoms with van der Waals surface area (Å²) in [6.07, 6.45) is 5.37. The summed E-state index contributed by atoms with van der Waals surface area (Å²) in [4.78, 5) is 11.9. The molecule has 126 valence electrons. The lowest BCUT2D eigenvalue weighted by Crippen LogP contribution is -2.30. The van der Waals surface area contributed by atoms with Crippen LogP contribution in [0.15, 0.2) is 18.2 Å². The highest BCUT2D eigenvalue weighted by atomic mass is 16.5. The third-order valence-electron chi connectivity index (χ3n) is 3.64. The first-order valence-electron chi connectivity index (χ1n) is 7.55. The average Bonchev–Trinajstić information content (AvgIpc) is 3.10. The summed E-state index contributed by atoms with van der Waals surface area (Å²) in [5.74, 6) is 1.46. The lowest BCUT2D eigenvalue weighted by atomic mass is 10.1. The van der Waals surface area contributed by atoms with Crippen molar-refractivity contribution in [3.05, 3.63) is 23.8 Å². The quantitative estimate of drug-likeness (QED) is 0.778. The van der Waals surface area contributed by atoms with E-state index in [9.17, 15) is 4.79 Å². The first-order valence-corrected chi connectivity index (χ1v) is 7.55. The zero-order valence-electron chi connectivity index (χ0n) is 13.8. The van der Waals surface area contributed by atoms with Crippen molar-refractivity contribution in [2.24, 2.45) is 0 Å². The monoisotopic (exact) mass is 321 g/mol. The SMILES string of the molecule is COc1cc(/C=C/C(=O)NCC2CCCO2)cc(OC)c1OC. The first kappa shape index (κ1) is 17.1. The molecule has 0 bridgehead atoms. The van der Waals surface area contributed by atoms with E-state index in [1.807, 2.05) is 0 Å². The third-order valence-corrected chi connectivity index (χ3v) is 3.64. The number of ether oxygens (including phenoxy) is 4. The molecular formula is C17H23NO5. The molecular weight excluding hydrogens is 298 g/mol. The Hall–Kier alpha value is -2.21. The maximum absolute atomic E-state index is 11.9. The molecule has 6 heteroatoms. The van der Waals surface area contributed by atoms with Crippen molar-refractivity contribution >= 4 is 12.0 Å². The largest absolute Gasteiger partial charge is 0.493 e. The Kier molecular flexibility index (Phi) is 6.29. The van der Waals surface area contributed by atoms with Crippen LogP contribution in [-0.2, 0) is 9.53 Å². The zero-order chi connectivity index (χ0) is 16.7. The predicted molar refractivity (Wildman–Crippen MR) is 87.1 cm³/mol. The lowest BCUT2D eigenvalue weighted by Gasteiger charge is -2.13. The van der Waals surface area contributed by atoms with E-state index in [1.54, 1.807) is 39.5 Å². The van der Waals surface area contributed by atoms with Gasteiger partial charge in [-0.3, -0.25) is 4.79 Å². The van der Waals surface area contributed by atoms with E-state index in [0.717, 1.165) is 25.0 Å². The first-order chi connectivity index (χ1) is 11.2. The molecule has 2 rings (SSSR count). The normalized spacial score (nSPS) is 17.3. The average molecular weight is 321 g/mol. The van der Waals surface area contributed by atoms with Crippen LogP contribution < -0.4 is 19.5 Å². The molecule has 1 aliphatic heterocycles. The Bertz CT molecular complexity index is 539. The van der Waals surface area contributed by atoms with E-state index in [2.05, 4.69) is 5.32 Å². The Morgan fingerprint density at radius 3 is 2.48 bits per heavy atom. The minimum absolute atomic E-state index is 0.133. The number of benzene rings is 1. The van der Waals surface area contributed by atoms with Gasteiger partial charge in [0, 0.05) is 19.2 Å². The fourth-order valence-electron chi connectivity index (χ4n) is 2.45. The number of rotatable bonds is 7. The van der Waals surface area contributed by atoms with E-state index < -0.39 is 0 Å². The Morgan fingerprint density at radius 2 is 1.96 bits per heavy atom. The molecule has 0 spiro atoms. The molecule has 1 N–H and O–H groups in total. The maximum Gasteiger partial charge on any atom is 0.244 e. The van der Waals surface area contributed by atoms with Crippen LogP contribution in [0, 0.1) is 0 Å². The van der Waals surface area contributed by atoms with Crippen molar-refractivity contribution in [1.82, 2.24) is 5.32 Å². The van der Waals surface area contributed by atoms with Gasteiger partial charge < -0.3 is 24.3 Å². The highest BCUT2D eigenvalue weighted by Crippen LogP contribution is 2.38. The molecule has 1 heterocycles. The van der Waals surface area contributed by atoms with E-state index >= 15 is 0 Å². The summed E-state index contributed by atoms with van der Waals surface area (Å²) < 4.78 is 21.3. The number of carbonyl (C=O) groups excluding carboxylic acids is 1. The minimum Gasteiger partial charge on any atom is -0.493 e. The van der Waals surface area contributed by atoms with Gasteiger partial charge >= 0.3 is 0 Å². The summed E-state index contributed by atoms with van der Waals surface area (Å²) in [5.41, 5.74) is 0.784. The maximum atomic E-state index is 11.9. The van der Waals surface area contributed by atoms with Gasteiger partial charge in [-0.15, -0.1) is 0 Å². The number of nitrogens with one attached hydrogen (secondary N) is 1. The Balaban J connectivity index is 2.01. The number of hydrogen-bond acceptors (Lipinski definition) is 5. The van der Waals surface area contributed by atoms with Gasteiger partial charge in [-0.2, -0.15) is 0 Å². The van der Waals surface area contributed by atoms with E-state index in [0.29, 0.717) is 23.8 Å². The van der Waals surface area contributed by atoms with Crippen molar-refractivity contribution in [3.8, 4) is 17.2 Å². The van der Waals surface area contributed by atoms with Gasteiger partial charge in [0.05, 0.1) is 27.4 Å². The molecule has 0 saturated carbocycles. The van der Waals surface area contributed by atoms with Crippen molar-refractivity contribution in [2.75, 3.05) is 34.5 Å². The van der Waals surface area contributed by atoms with Gasteiger partial charge in [-0.25, -0.2) is 0 Å². The number of carbonyl (C=O) groups is 1. The van der Waals surface area contributed by atoms with Gasteiger partial charge in [0.1, 0.15) is 0 Å². The molecule has 6 nitrogen and oxygen atoms in total. The van der Waals surface area contributed by atoms with Crippen molar-refractivity contribution in [2.45, 2.75) is 18.9 Å². The molecule has 0 aliphatic carbocycles. The second-order valence-electron chi connectivity index (χ2n) is 5.17. The summed E-state index contributed by atoms with van der Waals surface area (Å²) in [6, 6.07) is 3.57. The van der Waals surface area contributed by atoms with E-state index in [1.165, 1.54) is 6.08 Å². The third kappa shape index (κ3) is 4.63. The van der Waals surface area contributed by atoms with Crippen molar-refractivity contribution in [3.63, 3.8) is 0 Å². The van der Waals surface area contributed by atoms with Crippen LogP contribution in [0.5, 0.6) is 17.2 Å². The minimum atomic E-state index is -0.158. The summed E-state index contributed by atoms with van der Waals surface area (Å²) in [6.45, 7) is 1.32. The number of methoxy groups -OCH3 is 3. The fraction of sp³-hybridized carbons (Fsp3) is 0.471. The number of hydrogen-bond donors (Lipinski definition) is 1. The second-order valence-corrected chi connectivity index (χ2v) is 5.17. The van der Waals surface area contributed by atoms with Crippen LogP contribution in [0.1, 0.15) is 18.4 Å². The molecule has 1 aromatic rings. The van der Waals surface area contributed by atoms with Crippen LogP contribution in [0.2, 0.25) is 0 Å².